The highest BCUT2D eigenvalue weighted by Crippen LogP contribution is 2.46. The molecular weight excluding hydrogens is 1500 g/mol. The van der Waals surface area contributed by atoms with Gasteiger partial charge in [0.1, 0.15) is 0 Å². The summed E-state index contributed by atoms with van der Waals surface area (Å²) < 4.78 is 9.73. The molecule has 0 unspecified atom stereocenters. The molecule has 24 rings (SSSR count). The first-order chi connectivity index (χ1) is 61.5. The lowest BCUT2D eigenvalue weighted by molar-refractivity contribution is 1.18. The van der Waals surface area contributed by atoms with Gasteiger partial charge < -0.3 is 18.3 Å². The molecule has 0 spiro atoms. The molecule has 4 heterocycles. The van der Waals surface area contributed by atoms with Gasteiger partial charge in [0.25, 0.3) is 0 Å². The quantitative estimate of drug-likeness (QED) is 0.103. The highest BCUT2D eigenvalue weighted by molar-refractivity contribution is 6.16. The van der Waals surface area contributed by atoms with Gasteiger partial charge in [0.15, 0.2) is 0 Å². The SMILES string of the molecule is c1ccc(-c2cccc(-n3c4ccc(-c5ccccc5)cc4c4cc(-c5ccc6c(c5)c5ccccc5n6-c5cc(-c6ccccc6)cc(-c6ccccc6)c5)ccc43)c2)cc1.c1ccc(-c2cccc(-n3c4ccc(-c5ccccc5)cc4c4cc(-c5ccc6c(c5)c5ccccc5n6-c5cccc(-c6ccccc6-c6ccccc6)c5)ccc43)c2)cc1. The van der Waals surface area contributed by atoms with Crippen LogP contribution in [0.5, 0.6) is 0 Å². The first kappa shape index (κ1) is 72.8. The van der Waals surface area contributed by atoms with Crippen LogP contribution in [0.15, 0.2) is 485 Å². The minimum absolute atomic E-state index is 1.14. The van der Waals surface area contributed by atoms with Crippen molar-refractivity contribution in [3.63, 3.8) is 0 Å². The molecule has 0 bridgehead atoms. The fourth-order valence-corrected chi connectivity index (χ4v) is 19.1. The Morgan fingerprint density at radius 1 is 0.0968 bits per heavy atom. The van der Waals surface area contributed by atoms with Crippen LogP contribution in [0, 0.1) is 0 Å². The van der Waals surface area contributed by atoms with E-state index in [9.17, 15) is 0 Å². The Kier molecular flexibility index (Phi) is 18.2. The zero-order valence-corrected chi connectivity index (χ0v) is 68.0. The molecule has 4 heteroatoms. The second kappa shape index (κ2) is 31.1. The van der Waals surface area contributed by atoms with Crippen molar-refractivity contribution in [3.05, 3.63) is 485 Å². The summed E-state index contributed by atoms with van der Waals surface area (Å²) in [5.41, 5.74) is 38.2. The van der Waals surface area contributed by atoms with Gasteiger partial charge in [-0.15, -0.1) is 0 Å². The summed E-state index contributed by atoms with van der Waals surface area (Å²) in [6.45, 7) is 0. The average molecular weight is 1580 g/mol. The predicted molar refractivity (Wildman–Crippen MR) is 525 cm³/mol. The molecule has 124 heavy (non-hydrogen) atoms. The lowest BCUT2D eigenvalue weighted by Gasteiger charge is -2.14. The summed E-state index contributed by atoms with van der Waals surface area (Å²) in [6.07, 6.45) is 0. The van der Waals surface area contributed by atoms with E-state index in [0.717, 1.165) is 22.7 Å². The third-order valence-electron chi connectivity index (χ3n) is 25.0. The molecule has 0 aliphatic carbocycles. The number of benzene rings is 20. The molecule has 0 fully saturated rings. The summed E-state index contributed by atoms with van der Waals surface area (Å²) in [5, 5.41) is 9.88. The van der Waals surface area contributed by atoms with Gasteiger partial charge in [-0.25, -0.2) is 0 Å². The van der Waals surface area contributed by atoms with Gasteiger partial charge in [-0.05, 0) is 251 Å². The average Bonchev–Trinajstić information content (AvgIpc) is 1.59. The maximum absolute atomic E-state index is 2.44. The Hall–Kier alpha value is -16.4. The smallest absolute Gasteiger partial charge is 0.0541 e. The highest BCUT2D eigenvalue weighted by Gasteiger charge is 2.23. The summed E-state index contributed by atoms with van der Waals surface area (Å²) in [7, 11) is 0. The van der Waals surface area contributed by atoms with Crippen molar-refractivity contribution in [2.24, 2.45) is 0 Å². The Morgan fingerprint density at radius 2 is 0.298 bits per heavy atom. The maximum atomic E-state index is 2.44. The van der Waals surface area contributed by atoms with E-state index in [1.54, 1.807) is 0 Å². The molecule has 4 aromatic heterocycles. The molecule has 0 N–H and O–H groups in total. The fourth-order valence-electron chi connectivity index (χ4n) is 19.1. The molecule has 24 aromatic rings. The van der Waals surface area contributed by atoms with E-state index in [4.69, 9.17) is 0 Å². The van der Waals surface area contributed by atoms with Crippen LogP contribution in [0.1, 0.15) is 0 Å². The van der Waals surface area contributed by atoms with Crippen LogP contribution in [0.3, 0.4) is 0 Å². The monoisotopic (exact) mass is 1580 g/mol. The predicted octanol–water partition coefficient (Wildman–Crippen LogP) is 32.4. The fraction of sp³-hybridized carbons (Fsp3) is 0. The van der Waals surface area contributed by atoms with Crippen molar-refractivity contribution in [2.75, 3.05) is 0 Å². The maximum Gasteiger partial charge on any atom is 0.0541 e. The molecule has 0 aliphatic heterocycles. The molecule has 0 amide bonds. The second-order valence-corrected chi connectivity index (χ2v) is 32.3. The Morgan fingerprint density at radius 3 is 0.621 bits per heavy atom. The minimum Gasteiger partial charge on any atom is -0.309 e. The van der Waals surface area contributed by atoms with Crippen molar-refractivity contribution in [2.45, 2.75) is 0 Å². The van der Waals surface area contributed by atoms with Crippen LogP contribution in [-0.2, 0) is 0 Å². The Labute approximate surface area is 719 Å². The number of nitrogens with zero attached hydrogens (tertiary/aromatic N) is 4. The van der Waals surface area contributed by atoms with Crippen molar-refractivity contribution in [1.29, 1.82) is 0 Å². The Bertz CT molecular complexity index is 8120. The molecule has 0 radical (unpaired) electrons. The van der Waals surface area contributed by atoms with Crippen molar-refractivity contribution in [1.82, 2.24) is 18.3 Å². The number of rotatable bonds is 14. The molecule has 4 nitrogen and oxygen atoms in total. The number of aromatic nitrogens is 4. The van der Waals surface area contributed by atoms with Crippen LogP contribution in [0.2, 0.25) is 0 Å². The lowest BCUT2D eigenvalue weighted by Crippen LogP contribution is -1.96. The molecule has 0 aliphatic rings. The van der Waals surface area contributed by atoms with Crippen LogP contribution in [-0.4, -0.2) is 18.3 Å². The molecule has 0 saturated carbocycles. The molecular formula is C120H80N4. The van der Waals surface area contributed by atoms with Crippen LogP contribution >= 0.6 is 0 Å². The summed E-state index contributed by atoms with van der Waals surface area (Å²) in [6, 6.07) is 177. The van der Waals surface area contributed by atoms with Gasteiger partial charge in [0, 0.05) is 65.8 Å². The van der Waals surface area contributed by atoms with Crippen LogP contribution < -0.4 is 0 Å². The normalized spacial score (nSPS) is 11.5. The molecule has 0 saturated heterocycles. The second-order valence-electron chi connectivity index (χ2n) is 32.3. The van der Waals surface area contributed by atoms with Gasteiger partial charge in [0.05, 0.1) is 44.1 Å². The number of hydrogen-bond acceptors (Lipinski definition) is 0. The molecule has 0 atom stereocenters. The van der Waals surface area contributed by atoms with E-state index in [1.807, 2.05) is 0 Å². The van der Waals surface area contributed by atoms with Gasteiger partial charge >= 0.3 is 0 Å². The van der Waals surface area contributed by atoms with E-state index in [-0.39, 0.29) is 0 Å². The third-order valence-corrected chi connectivity index (χ3v) is 25.0. The van der Waals surface area contributed by atoms with Crippen LogP contribution in [0.4, 0.5) is 0 Å². The minimum atomic E-state index is 1.14. The van der Waals surface area contributed by atoms with Crippen molar-refractivity contribution in [3.8, 4) is 134 Å². The van der Waals surface area contributed by atoms with Crippen molar-refractivity contribution < 1.29 is 0 Å². The first-order valence-electron chi connectivity index (χ1n) is 42.7. The molecule has 580 valence electrons. The number of fused-ring (bicyclic) bond motifs is 12. The van der Waals surface area contributed by atoms with E-state index in [0.29, 0.717) is 0 Å². The zero-order valence-electron chi connectivity index (χ0n) is 68.0. The Balaban J connectivity index is 0.000000143. The highest BCUT2D eigenvalue weighted by atomic mass is 15.0. The van der Waals surface area contributed by atoms with E-state index < -0.39 is 0 Å². The molecule has 20 aromatic carbocycles. The first-order valence-corrected chi connectivity index (χ1v) is 42.7. The van der Waals surface area contributed by atoms with E-state index in [1.165, 1.54) is 198 Å². The van der Waals surface area contributed by atoms with Gasteiger partial charge in [0.2, 0.25) is 0 Å². The number of para-hydroxylation sites is 2. The number of hydrogen-bond donors (Lipinski definition) is 0. The summed E-state index contributed by atoms with van der Waals surface area (Å²) in [4.78, 5) is 0. The zero-order chi connectivity index (χ0) is 82.0. The third kappa shape index (κ3) is 13.1. The van der Waals surface area contributed by atoms with Gasteiger partial charge in [-0.2, -0.15) is 0 Å². The van der Waals surface area contributed by atoms with Crippen molar-refractivity contribution >= 4 is 87.2 Å². The van der Waals surface area contributed by atoms with Gasteiger partial charge in [-0.1, -0.05) is 346 Å². The van der Waals surface area contributed by atoms with Gasteiger partial charge in [-0.3, -0.25) is 0 Å². The van der Waals surface area contributed by atoms with E-state index in [2.05, 4.69) is 504 Å². The topological polar surface area (TPSA) is 19.7 Å². The summed E-state index contributed by atoms with van der Waals surface area (Å²) in [5.74, 6) is 0. The largest absolute Gasteiger partial charge is 0.309 e. The summed E-state index contributed by atoms with van der Waals surface area (Å²) >= 11 is 0. The van der Waals surface area contributed by atoms with Crippen LogP contribution in [0.25, 0.3) is 221 Å². The standard InChI is InChI=1S/2C60H40N2/c1-5-16-41(17-6-1)45-24-15-25-51(35-45)61-59-31-28-46(42-18-7-2-8-19-42)38-55(59)56-40-48(30-33-60(56)61)47-29-32-58-54(39-47)53-26-13-14-27-57(53)62(58)52-36-49(43-20-9-3-10-21-43)34-50(37-52)44-22-11-4-12-23-44;1-4-16-41(17-5-1)44-22-14-24-49(36-44)62-59-33-30-45(42-18-6-2-7-19-42)38-55(59)56-40-47(32-35-60(56)62)46-31-34-58-54(39-46)53-28-12-13-29-57(53)61(58)50-25-15-23-48(37-50)52-27-11-10-26-51(52)43-20-8-3-9-21-43/h2*1-40H. The lowest BCUT2D eigenvalue weighted by atomic mass is 9.94. The van der Waals surface area contributed by atoms with E-state index >= 15 is 0 Å².